The van der Waals surface area contributed by atoms with Crippen LogP contribution in [-0.2, 0) is 14.3 Å². The summed E-state index contributed by atoms with van der Waals surface area (Å²) in [6.07, 6.45) is 1.55. The number of hydrogen-bond donors (Lipinski definition) is 2. The summed E-state index contributed by atoms with van der Waals surface area (Å²) < 4.78 is 4.79. The second kappa shape index (κ2) is 7.30. The number of ether oxygens (including phenoxy) is 1. The first-order valence-electron chi connectivity index (χ1n) is 5.63. The number of esters is 1. The number of halogens is 1. The third-order valence-electron chi connectivity index (χ3n) is 2.19. The van der Waals surface area contributed by atoms with Crippen LogP contribution >= 0.6 is 11.6 Å². The summed E-state index contributed by atoms with van der Waals surface area (Å²) in [4.78, 5) is 33.2. The van der Waals surface area contributed by atoms with Crippen molar-refractivity contribution in [1.82, 2.24) is 5.32 Å². The molecule has 3 amide bonds. The SMILES string of the molecule is C[C@H](OC(=O)/C=C/c1ccc(Cl)cc1)C(=O)NC(N)=O. The Bertz CT molecular complexity index is 540. The molecule has 6 nitrogen and oxygen atoms in total. The minimum Gasteiger partial charge on any atom is -0.449 e. The maximum atomic E-state index is 11.5. The highest BCUT2D eigenvalue weighted by atomic mass is 35.5. The van der Waals surface area contributed by atoms with Crippen molar-refractivity contribution in [2.24, 2.45) is 5.73 Å². The van der Waals surface area contributed by atoms with Crippen LogP contribution in [0.2, 0.25) is 5.02 Å². The van der Waals surface area contributed by atoms with Gasteiger partial charge in [-0.1, -0.05) is 23.7 Å². The van der Waals surface area contributed by atoms with Gasteiger partial charge in [-0.05, 0) is 30.7 Å². The Balaban J connectivity index is 2.52. The van der Waals surface area contributed by atoms with E-state index in [-0.39, 0.29) is 0 Å². The van der Waals surface area contributed by atoms with Crippen molar-refractivity contribution in [3.8, 4) is 0 Å². The average molecular weight is 297 g/mol. The summed E-state index contributed by atoms with van der Waals surface area (Å²) in [6.45, 7) is 1.33. The largest absolute Gasteiger partial charge is 0.449 e. The van der Waals surface area contributed by atoms with Crippen LogP contribution < -0.4 is 11.1 Å². The molecule has 0 unspecified atom stereocenters. The van der Waals surface area contributed by atoms with E-state index in [9.17, 15) is 14.4 Å². The molecule has 0 bridgehead atoms. The van der Waals surface area contributed by atoms with E-state index in [1.165, 1.54) is 13.0 Å². The fraction of sp³-hybridized carbons (Fsp3) is 0.154. The molecule has 106 valence electrons. The van der Waals surface area contributed by atoms with Gasteiger partial charge in [-0.2, -0.15) is 0 Å². The van der Waals surface area contributed by atoms with Crippen molar-refractivity contribution in [2.45, 2.75) is 13.0 Å². The zero-order valence-electron chi connectivity index (χ0n) is 10.6. The summed E-state index contributed by atoms with van der Waals surface area (Å²) in [5.74, 6) is -1.50. The third kappa shape index (κ3) is 5.53. The highest BCUT2D eigenvalue weighted by Gasteiger charge is 2.17. The predicted molar refractivity (Wildman–Crippen MR) is 73.8 cm³/mol. The first-order chi connectivity index (χ1) is 9.38. The zero-order chi connectivity index (χ0) is 15.1. The number of nitrogens with one attached hydrogen (secondary N) is 1. The number of primary amides is 1. The number of nitrogens with two attached hydrogens (primary N) is 1. The molecule has 0 aliphatic heterocycles. The molecule has 0 saturated carbocycles. The zero-order valence-corrected chi connectivity index (χ0v) is 11.4. The Hall–Kier alpha value is -2.34. The molecule has 20 heavy (non-hydrogen) atoms. The summed E-state index contributed by atoms with van der Waals surface area (Å²) >= 11 is 5.72. The Labute approximate surface area is 120 Å². The number of rotatable bonds is 4. The van der Waals surface area contributed by atoms with E-state index in [2.05, 4.69) is 0 Å². The van der Waals surface area contributed by atoms with Crippen LogP contribution in [0.4, 0.5) is 4.79 Å². The van der Waals surface area contributed by atoms with Crippen LogP contribution in [0, 0.1) is 0 Å². The topological polar surface area (TPSA) is 98.5 Å². The standard InChI is InChI=1S/C13H13ClN2O4/c1-8(12(18)16-13(15)19)20-11(17)7-4-9-2-5-10(14)6-3-9/h2-8H,1H3,(H3,15,16,18,19)/b7-4+/t8-/m0/s1. The number of urea groups is 1. The van der Waals surface area contributed by atoms with Gasteiger partial charge in [0.05, 0.1) is 0 Å². The van der Waals surface area contributed by atoms with Gasteiger partial charge in [0, 0.05) is 11.1 Å². The minimum atomic E-state index is -1.12. The lowest BCUT2D eigenvalue weighted by Crippen LogP contribution is -2.42. The molecule has 0 spiro atoms. The van der Waals surface area contributed by atoms with Gasteiger partial charge in [-0.15, -0.1) is 0 Å². The Morgan fingerprint density at radius 3 is 2.45 bits per heavy atom. The molecule has 0 aromatic heterocycles. The van der Waals surface area contributed by atoms with Crippen molar-refractivity contribution in [3.63, 3.8) is 0 Å². The molecule has 1 rings (SSSR count). The molecular weight excluding hydrogens is 284 g/mol. The summed E-state index contributed by atoms with van der Waals surface area (Å²) in [5, 5.41) is 2.40. The average Bonchev–Trinajstić information content (AvgIpc) is 2.37. The van der Waals surface area contributed by atoms with Gasteiger partial charge in [0.25, 0.3) is 5.91 Å². The molecule has 7 heteroatoms. The molecular formula is C13H13ClN2O4. The van der Waals surface area contributed by atoms with E-state index in [4.69, 9.17) is 22.1 Å². The third-order valence-corrected chi connectivity index (χ3v) is 2.44. The van der Waals surface area contributed by atoms with Gasteiger partial charge in [0.15, 0.2) is 6.10 Å². The van der Waals surface area contributed by atoms with Gasteiger partial charge in [-0.3, -0.25) is 10.1 Å². The number of benzene rings is 1. The van der Waals surface area contributed by atoms with E-state index < -0.39 is 24.0 Å². The Morgan fingerprint density at radius 1 is 1.30 bits per heavy atom. The van der Waals surface area contributed by atoms with E-state index in [1.807, 2.05) is 5.32 Å². The van der Waals surface area contributed by atoms with E-state index in [1.54, 1.807) is 24.3 Å². The van der Waals surface area contributed by atoms with Crippen LogP contribution in [0.5, 0.6) is 0 Å². The molecule has 0 aliphatic rings. The molecule has 0 heterocycles. The second-order valence-corrected chi connectivity index (χ2v) is 4.25. The second-order valence-electron chi connectivity index (χ2n) is 3.82. The first-order valence-corrected chi connectivity index (χ1v) is 6.01. The Kier molecular flexibility index (Phi) is 5.74. The number of carbonyl (C=O) groups excluding carboxylic acids is 3. The van der Waals surface area contributed by atoms with Crippen LogP contribution in [-0.4, -0.2) is 24.0 Å². The van der Waals surface area contributed by atoms with E-state index in [0.717, 1.165) is 11.6 Å². The van der Waals surface area contributed by atoms with Crippen molar-refractivity contribution in [1.29, 1.82) is 0 Å². The number of carbonyl (C=O) groups is 3. The van der Waals surface area contributed by atoms with Crippen LogP contribution in [0.15, 0.2) is 30.3 Å². The molecule has 1 aromatic carbocycles. The van der Waals surface area contributed by atoms with Crippen molar-refractivity contribution in [2.75, 3.05) is 0 Å². The summed E-state index contributed by atoms with van der Waals surface area (Å²) in [6, 6.07) is 5.78. The molecule has 0 fully saturated rings. The highest BCUT2D eigenvalue weighted by Crippen LogP contribution is 2.10. The van der Waals surface area contributed by atoms with Gasteiger partial charge < -0.3 is 10.5 Å². The molecule has 1 aromatic rings. The van der Waals surface area contributed by atoms with Crippen molar-refractivity contribution >= 4 is 35.6 Å². The van der Waals surface area contributed by atoms with Gasteiger partial charge in [-0.25, -0.2) is 9.59 Å². The van der Waals surface area contributed by atoms with Crippen LogP contribution in [0.1, 0.15) is 12.5 Å². The maximum absolute atomic E-state index is 11.5. The molecule has 0 radical (unpaired) electrons. The number of amides is 3. The fourth-order valence-corrected chi connectivity index (χ4v) is 1.35. The lowest BCUT2D eigenvalue weighted by atomic mass is 10.2. The fourth-order valence-electron chi connectivity index (χ4n) is 1.23. The van der Waals surface area contributed by atoms with Gasteiger partial charge in [0.1, 0.15) is 0 Å². The smallest absolute Gasteiger partial charge is 0.331 e. The number of imide groups is 1. The Morgan fingerprint density at radius 2 is 1.90 bits per heavy atom. The van der Waals surface area contributed by atoms with Gasteiger partial charge in [0.2, 0.25) is 0 Å². The molecule has 0 saturated heterocycles. The highest BCUT2D eigenvalue weighted by molar-refractivity contribution is 6.30. The monoisotopic (exact) mass is 296 g/mol. The molecule has 0 aliphatic carbocycles. The van der Waals surface area contributed by atoms with Gasteiger partial charge >= 0.3 is 12.0 Å². The molecule has 3 N–H and O–H groups in total. The first kappa shape index (κ1) is 15.7. The van der Waals surface area contributed by atoms with E-state index >= 15 is 0 Å². The van der Waals surface area contributed by atoms with Crippen molar-refractivity contribution in [3.05, 3.63) is 40.9 Å². The normalized spacial score (nSPS) is 11.9. The number of hydrogen-bond acceptors (Lipinski definition) is 4. The lowest BCUT2D eigenvalue weighted by Gasteiger charge is -2.09. The summed E-state index contributed by atoms with van der Waals surface area (Å²) in [7, 11) is 0. The predicted octanol–water partition coefficient (Wildman–Crippen LogP) is 1.48. The van der Waals surface area contributed by atoms with Crippen LogP contribution in [0.3, 0.4) is 0 Å². The lowest BCUT2D eigenvalue weighted by molar-refractivity contribution is -0.149. The molecule has 1 atom stereocenters. The van der Waals surface area contributed by atoms with E-state index in [0.29, 0.717) is 5.02 Å². The minimum absolute atomic E-state index is 0.585. The van der Waals surface area contributed by atoms with Crippen LogP contribution in [0.25, 0.3) is 6.08 Å². The maximum Gasteiger partial charge on any atom is 0.331 e. The quantitative estimate of drug-likeness (QED) is 0.649. The van der Waals surface area contributed by atoms with Crippen molar-refractivity contribution < 1.29 is 19.1 Å². The summed E-state index contributed by atoms with van der Waals surface area (Å²) in [5.41, 5.74) is 5.52.